The molecule has 1 aromatic heterocycles. The molecule has 2 aromatic rings. The second-order valence-corrected chi connectivity index (χ2v) is 16.4. The molecule has 2 aliphatic rings. The number of primary amides is 1. The van der Waals surface area contributed by atoms with Crippen LogP contribution in [0.25, 0.3) is 0 Å². The van der Waals surface area contributed by atoms with Crippen molar-refractivity contribution in [2.75, 3.05) is 13.1 Å². The van der Waals surface area contributed by atoms with Gasteiger partial charge in [0.2, 0.25) is 17.7 Å². The summed E-state index contributed by atoms with van der Waals surface area (Å²) in [6, 6.07) is 5.39. The van der Waals surface area contributed by atoms with E-state index >= 15 is 0 Å². The molecule has 0 spiro atoms. The number of hydrogen-bond acceptors (Lipinski definition) is 11. The van der Waals surface area contributed by atoms with Gasteiger partial charge in [0.25, 0.3) is 0 Å². The third-order valence-corrected chi connectivity index (χ3v) is 10.1. The third-order valence-electron chi connectivity index (χ3n) is 10.1. The summed E-state index contributed by atoms with van der Waals surface area (Å²) in [5.41, 5.74) is 4.54. The van der Waals surface area contributed by atoms with Crippen LogP contribution < -0.4 is 21.7 Å². The van der Waals surface area contributed by atoms with Crippen LogP contribution in [-0.2, 0) is 36.1 Å². The highest BCUT2D eigenvalue weighted by atomic mass is 16.6. The Morgan fingerprint density at radius 3 is 2.32 bits per heavy atom. The first-order chi connectivity index (χ1) is 26.4. The highest BCUT2D eigenvalue weighted by molar-refractivity contribution is 5.92. The number of ether oxygens (including phenoxy) is 2. The zero-order chi connectivity index (χ0) is 41.0. The Labute approximate surface area is 328 Å². The van der Waals surface area contributed by atoms with Gasteiger partial charge in [0.15, 0.2) is 6.10 Å². The van der Waals surface area contributed by atoms with Gasteiger partial charge in [-0.3, -0.25) is 14.4 Å². The van der Waals surface area contributed by atoms with Gasteiger partial charge in [0.05, 0.1) is 24.0 Å². The summed E-state index contributed by atoms with van der Waals surface area (Å²) in [7, 11) is 0. The van der Waals surface area contributed by atoms with E-state index in [1.807, 2.05) is 30.3 Å². The number of alkyl carbamates (subject to hydrolysis) is 2. The zero-order valence-corrected chi connectivity index (χ0v) is 33.2. The number of aliphatic hydroxyl groups excluding tert-OH is 1. The van der Waals surface area contributed by atoms with Gasteiger partial charge in [-0.2, -0.15) is 0 Å². The average Bonchev–Trinajstić information content (AvgIpc) is 3.81. The summed E-state index contributed by atoms with van der Waals surface area (Å²) in [6.45, 7) is 8.68. The highest BCUT2D eigenvalue weighted by Crippen LogP contribution is 2.33. The van der Waals surface area contributed by atoms with Gasteiger partial charge in [-0.05, 0) is 71.8 Å². The normalized spacial score (nSPS) is 19.4. The van der Waals surface area contributed by atoms with Gasteiger partial charge in [0.1, 0.15) is 29.9 Å². The molecular formula is C39H60N8O9. The standard InChI is InChI=1S/C39H60N8O9/c1-38(2,3)56-37(53)44-29(20-25-14-8-6-9-15-25)35(51)46-23-27(47-31(22-42-45-47)39(4,5)54)21-30(46)34(50)43-28(32(48)33(40)49)18-12-13-19-41-36(52)55-24-26-16-10-7-11-17-26/h7,10-11,16-17,22,25,27-30,32,48,54H,6,8-9,12-15,18-21,23-24H2,1-5H3,(H2,40,49)(H,41,52)(H,43,50)(H,44,53)/t27-,28?,29+,30-,32?/m0/s1. The lowest BCUT2D eigenvalue weighted by atomic mass is 9.84. The van der Waals surface area contributed by atoms with Crippen LogP contribution >= 0.6 is 0 Å². The van der Waals surface area contributed by atoms with Crippen LogP contribution in [0.4, 0.5) is 9.59 Å². The maximum atomic E-state index is 14.6. The highest BCUT2D eigenvalue weighted by Gasteiger charge is 2.45. The minimum Gasteiger partial charge on any atom is -0.445 e. The number of aromatic nitrogens is 3. The van der Waals surface area contributed by atoms with E-state index in [1.54, 1.807) is 34.6 Å². The van der Waals surface area contributed by atoms with Crippen LogP contribution in [0.2, 0.25) is 0 Å². The quantitative estimate of drug-likeness (QED) is 0.128. The zero-order valence-electron chi connectivity index (χ0n) is 33.2. The van der Waals surface area contributed by atoms with Gasteiger partial charge >= 0.3 is 12.2 Å². The van der Waals surface area contributed by atoms with Gasteiger partial charge in [-0.15, -0.1) is 5.10 Å². The van der Waals surface area contributed by atoms with Crippen LogP contribution in [0.3, 0.4) is 0 Å². The van der Waals surface area contributed by atoms with Crippen LogP contribution in [0.15, 0.2) is 36.5 Å². The Morgan fingerprint density at radius 2 is 1.68 bits per heavy atom. The number of unbranched alkanes of at least 4 members (excludes halogenated alkanes) is 1. The lowest BCUT2D eigenvalue weighted by molar-refractivity contribution is -0.141. The van der Waals surface area contributed by atoms with Crippen molar-refractivity contribution in [3.8, 4) is 0 Å². The SMILES string of the molecule is CC(C)(C)OC(=O)N[C@H](CC1CCCCC1)C(=O)N1C[C@@H](n2nncc2C(C)(C)O)C[C@H]1C(=O)NC(CCCCNC(=O)OCc1ccccc1)C(O)C(N)=O. The lowest BCUT2D eigenvalue weighted by Gasteiger charge is -2.33. The van der Waals surface area contributed by atoms with Crippen molar-refractivity contribution in [2.45, 2.75) is 147 Å². The molecule has 5 amide bonds. The van der Waals surface area contributed by atoms with E-state index in [0.29, 0.717) is 25.0 Å². The van der Waals surface area contributed by atoms with Gasteiger partial charge in [-0.25, -0.2) is 14.3 Å². The number of likely N-dealkylation sites (tertiary alicyclic amines) is 1. The minimum atomic E-state index is -1.74. The van der Waals surface area contributed by atoms with E-state index in [9.17, 15) is 34.2 Å². The number of hydrogen-bond donors (Lipinski definition) is 6. The molecule has 0 radical (unpaired) electrons. The Bertz CT molecular complexity index is 1620. The maximum Gasteiger partial charge on any atom is 0.408 e. The summed E-state index contributed by atoms with van der Waals surface area (Å²) in [4.78, 5) is 67.7. The van der Waals surface area contributed by atoms with Crippen molar-refractivity contribution in [1.82, 2.24) is 35.8 Å². The van der Waals surface area contributed by atoms with Crippen molar-refractivity contribution in [3.05, 3.63) is 47.8 Å². The van der Waals surface area contributed by atoms with E-state index in [-0.39, 0.29) is 38.5 Å². The van der Waals surface area contributed by atoms with E-state index in [2.05, 4.69) is 26.3 Å². The number of carbonyl (C=O) groups is 5. The molecule has 1 aromatic carbocycles. The fourth-order valence-corrected chi connectivity index (χ4v) is 7.30. The molecular weight excluding hydrogens is 724 g/mol. The number of nitrogens with one attached hydrogen (secondary N) is 3. The van der Waals surface area contributed by atoms with Crippen molar-refractivity contribution in [1.29, 1.82) is 0 Å². The number of rotatable bonds is 17. The summed E-state index contributed by atoms with van der Waals surface area (Å²) < 4.78 is 12.3. The summed E-state index contributed by atoms with van der Waals surface area (Å²) in [5, 5.41) is 38.1. The molecule has 2 unspecified atom stereocenters. The predicted molar refractivity (Wildman–Crippen MR) is 204 cm³/mol. The first-order valence-corrected chi connectivity index (χ1v) is 19.6. The number of aliphatic hydroxyl groups is 2. The monoisotopic (exact) mass is 784 g/mol. The van der Waals surface area contributed by atoms with Crippen molar-refractivity contribution in [2.24, 2.45) is 11.7 Å². The Morgan fingerprint density at radius 1 is 0.982 bits per heavy atom. The first kappa shape index (κ1) is 44.0. The molecule has 56 heavy (non-hydrogen) atoms. The summed E-state index contributed by atoms with van der Waals surface area (Å²) in [5.74, 6) is -2.01. The molecule has 1 saturated carbocycles. The van der Waals surface area contributed by atoms with Crippen molar-refractivity contribution < 1.29 is 43.7 Å². The summed E-state index contributed by atoms with van der Waals surface area (Å²) >= 11 is 0. The number of carbonyl (C=O) groups excluding carboxylic acids is 5. The third kappa shape index (κ3) is 13.2. The molecule has 310 valence electrons. The number of benzene rings is 1. The van der Waals surface area contributed by atoms with Crippen LogP contribution in [0, 0.1) is 5.92 Å². The number of amides is 5. The minimum absolute atomic E-state index is 0.00436. The molecule has 17 nitrogen and oxygen atoms in total. The summed E-state index contributed by atoms with van der Waals surface area (Å²) in [6.07, 6.45) is 4.59. The number of nitrogens with two attached hydrogens (primary N) is 1. The lowest BCUT2D eigenvalue weighted by Crippen LogP contribution is -2.57. The Kier molecular flexibility index (Phi) is 15.6. The second kappa shape index (κ2) is 19.9. The molecule has 1 saturated heterocycles. The number of nitrogens with zero attached hydrogens (tertiary/aromatic N) is 4. The van der Waals surface area contributed by atoms with E-state index in [4.69, 9.17) is 15.2 Å². The van der Waals surface area contributed by atoms with Gasteiger partial charge in [0, 0.05) is 19.5 Å². The topological polar surface area (TPSA) is 240 Å². The van der Waals surface area contributed by atoms with Gasteiger partial charge < -0.3 is 46.3 Å². The fourth-order valence-electron chi connectivity index (χ4n) is 7.30. The molecule has 7 N–H and O–H groups in total. The van der Waals surface area contributed by atoms with E-state index < -0.39 is 71.4 Å². The second-order valence-electron chi connectivity index (χ2n) is 16.4. The molecule has 2 fully saturated rings. The van der Waals surface area contributed by atoms with Crippen molar-refractivity contribution >= 4 is 29.9 Å². The molecule has 2 heterocycles. The Balaban J connectivity index is 1.50. The molecule has 0 bridgehead atoms. The fraction of sp³-hybridized carbons (Fsp3) is 0.667. The molecule has 1 aliphatic carbocycles. The largest absolute Gasteiger partial charge is 0.445 e. The van der Waals surface area contributed by atoms with E-state index in [1.165, 1.54) is 15.8 Å². The molecule has 4 rings (SSSR count). The van der Waals surface area contributed by atoms with Crippen LogP contribution in [0.5, 0.6) is 0 Å². The first-order valence-electron chi connectivity index (χ1n) is 19.6. The maximum absolute atomic E-state index is 14.6. The average molecular weight is 785 g/mol. The molecule has 1 aliphatic heterocycles. The molecule has 17 heteroatoms. The van der Waals surface area contributed by atoms with E-state index in [0.717, 1.165) is 37.7 Å². The van der Waals surface area contributed by atoms with Crippen LogP contribution in [-0.4, -0.2) is 103 Å². The smallest absolute Gasteiger partial charge is 0.408 e. The predicted octanol–water partition coefficient (Wildman–Crippen LogP) is 2.94. The van der Waals surface area contributed by atoms with Crippen molar-refractivity contribution in [3.63, 3.8) is 0 Å². The van der Waals surface area contributed by atoms with Gasteiger partial charge in [-0.1, -0.05) is 67.6 Å². The van der Waals surface area contributed by atoms with Crippen LogP contribution in [0.1, 0.15) is 116 Å². The Hall–Kier alpha value is -4.77. The molecule has 5 atom stereocenters.